The molecule has 2 aromatic rings. The summed E-state index contributed by atoms with van der Waals surface area (Å²) in [5, 5.41) is 42.6. The number of carbonyl (C=O) groups excluding carboxylic acids is 14. The predicted octanol–water partition coefficient (Wildman–Crippen LogP) is 1.20. The maximum Gasteiger partial charge on any atom is 0.410 e. The topological polar surface area (TPSA) is 496 Å². The van der Waals surface area contributed by atoms with Gasteiger partial charge in [-0.25, -0.2) is 24.0 Å². The van der Waals surface area contributed by atoms with Gasteiger partial charge in [0.05, 0.1) is 38.2 Å². The number of likely N-dealkylation sites (N-methyl/N-ethyl adjacent to an activating group) is 1. The number of unbranched alkanes of at least 4 members (excludes halogenated alkanes) is 1. The fourth-order valence-electron chi connectivity index (χ4n) is 12.6. The van der Waals surface area contributed by atoms with Gasteiger partial charge in [0.2, 0.25) is 41.4 Å². The number of urea groups is 2. The molecule has 0 aliphatic carbocycles. The number of alkyl carbamates (subject to hydrolysis) is 1. The monoisotopic (exact) mass is 1570 g/mol. The van der Waals surface area contributed by atoms with E-state index in [4.69, 9.17) is 51.5 Å². The van der Waals surface area contributed by atoms with Crippen LogP contribution in [-0.4, -0.2) is 242 Å². The Balaban J connectivity index is 1.13. The standard InChI is InChI=1S/C72H100ClN13O22S/c1-40-16-13-20-52(104-9)72(102)39-70(4,108-69(101)83-72)41(2)61-71(5,107-61)53(36-59(93)85(7)50-34-44(32-40)35-51(103-8)60(50)73)106-65(97)42(3)84(6)56(90)27-31-109-38-55(89)80-47(19-15-30-78-68(75)100)63(95)81-48(64(96)82-49(66(98)105-10)33-43-21-23-45(87)24-22-43)17-11-12-28-76-62(94)46(18-14-29-77-67(74)99)79-54(88)37-86-57(91)25-26-58(86)92/h13,16,20-26,34-35,41-42,46-49,52-53,61,87,102H,11-12,14-15,17-19,27-33,36-39H2,1-10H3,(H,76,94)(H,79,88)(H,80,89)(H,81,95)(H,82,96)(H,83,101)(H3,74,77,99)(H3,75,78,100)/b20-13+,40-16+/t41-,42-,46?,47-,48-,49-,52+,53-,61-,70-,71-,72-/m0/s1. The molecule has 2 fully saturated rings. The minimum atomic E-state index is -1.99. The van der Waals surface area contributed by atoms with Crippen LogP contribution in [0.5, 0.6) is 11.5 Å². The second-order valence-electron chi connectivity index (χ2n) is 27.4. The maximum atomic E-state index is 14.6. The number of methoxy groups -OCH3 is 3. The number of esters is 2. The van der Waals surface area contributed by atoms with Crippen LogP contribution in [0.3, 0.4) is 0 Å². The summed E-state index contributed by atoms with van der Waals surface area (Å²) in [5.74, 6) is -9.17. The number of anilines is 1. The number of primary amides is 2. The van der Waals surface area contributed by atoms with Crippen molar-refractivity contribution in [1.29, 1.82) is 0 Å². The van der Waals surface area contributed by atoms with E-state index in [1.54, 1.807) is 51.1 Å². The second-order valence-corrected chi connectivity index (χ2v) is 28.9. The molecular formula is C72H100ClN13O22S. The molecule has 598 valence electrons. The van der Waals surface area contributed by atoms with Gasteiger partial charge in [-0.3, -0.25) is 53.4 Å². The van der Waals surface area contributed by atoms with Crippen molar-refractivity contribution in [2.45, 2.75) is 177 Å². The van der Waals surface area contributed by atoms with E-state index in [0.29, 0.717) is 22.4 Å². The van der Waals surface area contributed by atoms with Crippen LogP contribution in [0, 0.1) is 5.92 Å². The molecule has 0 aromatic heterocycles. The molecule has 14 amide bonds. The number of allylic oxidation sites excluding steroid dienone is 3. The van der Waals surface area contributed by atoms with Gasteiger partial charge in [-0.15, -0.1) is 0 Å². The highest BCUT2D eigenvalue weighted by Gasteiger charge is 2.67. The van der Waals surface area contributed by atoms with Crippen LogP contribution in [-0.2, 0) is 89.3 Å². The maximum absolute atomic E-state index is 14.6. The highest BCUT2D eigenvalue weighted by atomic mass is 35.5. The largest absolute Gasteiger partial charge is 0.508 e. The third kappa shape index (κ3) is 25.3. The van der Waals surface area contributed by atoms with Gasteiger partial charge in [-0.05, 0) is 114 Å². The zero-order chi connectivity index (χ0) is 80.7. The number of aliphatic hydroxyl groups is 1. The fraction of sp³-hybridized carbons (Fsp3) is 0.556. The molecule has 2 aromatic carbocycles. The predicted molar refractivity (Wildman–Crippen MR) is 395 cm³/mol. The number of carbonyl (C=O) groups is 14. The molecule has 4 bridgehead atoms. The van der Waals surface area contributed by atoms with E-state index >= 15 is 0 Å². The van der Waals surface area contributed by atoms with Crippen LogP contribution in [0.1, 0.15) is 110 Å². The van der Waals surface area contributed by atoms with Gasteiger partial charge >= 0.3 is 30.1 Å². The van der Waals surface area contributed by atoms with Crippen LogP contribution in [0.4, 0.5) is 20.1 Å². The molecule has 2 saturated heterocycles. The molecule has 0 spiro atoms. The zero-order valence-corrected chi connectivity index (χ0v) is 64.2. The first kappa shape index (κ1) is 87.9. The summed E-state index contributed by atoms with van der Waals surface area (Å²) in [6.07, 6.45) is 2.37. The lowest BCUT2D eigenvalue weighted by Gasteiger charge is -2.47. The number of epoxide rings is 1. The van der Waals surface area contributed by atoms with Gasteiger partial charge in [0.25, 0.3) is 11.8 Å². The first-order chi connectivity index (χ1) is 51.5. The number of hydrogen-bond donors (Lipinski definition) is 12. The average molecular weight is 1570 g/mol. The zero-order valence-electron chi connectivity index (χ0n) is 62.6. The van der Waals surface area contributed by atoms with Crippen molar-refractivity contribution in [3.8, 4) is 11.5 Å². The molecule has 14 N–H and O–H groups in total. The number of benzene rings is 2. The highest BCUT2D eigenvalue weighted by molar-refractivity contribution is 7.99. The Morgan fingerprint density at radius 2 is 1.39 bits per heavy atom. The van der Waals surface area contributed by atoms with Crippen molar-refractivity contribution in [2.24, 2.45) is 17.4 Å². The Bertz CT molecular complexity index is 3770. The summed E-state index contributed by atoms with van der Waals surface area (Å²) in [6, 6.07) is 0.895. The number of aromatic hydroxyl groups is 1. The van der Waals surface area contributed by atoms with E-state index in [0.717, 1.165) is 41.5 Å². The molecule has 4 heterocycles. The van der Waals surface area contributed by atoms with Crippen molar-refractivity contribution in [3.63, 3.8) is 0 Å². The van der Waals surface area contributed by atoms with Crippen LogP contribution in [0.25, 0.3) is 0 Å². The van der Waals surface area contributed by atoms with Crippen molar-refractivity contribution >= 4 is 112 Å². The Kier molecular flexibility index (Phi) is 32.6. The van der Waals surface area contributed by atoms with Crippen molar-refractivity contribution in [2.75, 3.05) is 78.0 Å². The number of fused-ring (bicyclic) bond motifs is 5. The number of phenols is 1. The lowest BCUT2D eigenvalue weighted by atomic mass is 9.75. The molecule has 37 heteroatoms. The first-order valence-electron chi connectivity index (χ1n) is 35.3. The molecule has 35 nitrogen and oxygen atoms in total. The molecule has 6 rings (SSSR count). The normalized spacial score (nSPS) is 23.2. The summed E-state index contributed by atoms with van der Waals surface area (Å²) >= 11 is 7.87. The molecule has 4 aliphatic heterocycles. The van der Waals surface area contributed by atoms with Gasteiger partial charge in [-0.2, -0.15) is 11.8 Å². The number of rotatable bonds is 35. The molecule has 109 heavy (non-hydrogen) atoms. The quantitative estimate of drug-likeness (QED) is 0.0152. The summed E-state index contributed by atoms with van der Waals surface area (Å²) in [5.41, 5.74) is 7.96. The number of nitrogens with one attached hydrogen (secondary N) is 8. The number of hydrogen-bond acceptors (Lipinski definition) is 23. The SMILES string of the molecule is COC(=O)[C@H](Cc1ccc(O)cc1)NC(=O)[C@H](CCCCNC(=O)C(CCCNC(N)=O)NC(=O)CN1C(=O)C=CC1=O)NC(=O)[C@H](CCCNC(N)=O)NC(=O)CSCCC(=O)N(C)[C@@H](C)C(=O)O[C@H]1CC(=O)N(C)c2cc(cc(OC)c2Cl)C/C(C)=C/C=C/[C@@H](OC)[C@@]2(O)C[C@](C)(OC(=O)N2)[C@@H](C)[C@@H]2O[C@@]12C. The number of nitrogens with two attached hydrogens (primary N) is 2. The van der Waals surface area contributed by atoms with E-state index in [-0.39, 0.29) is 118 Å². The number of amides is 14. The van der Waals surface area contributed by atoms with Crippen LogP contribution < -0.4 is 63.6 Å². The van der Waals surface area contributed by atoms with E-state index in [2.05, 4.69) is 42.5 Å². The van der Waals surface area contributed by atoms with E-state index < -0.39 is 168 Å². The smallest absolute Gasteiger partial charge is 0.410 e. The van der Waals surface area contributed by atoms with Gasteiger partial charge in [0, 0.05) is 83.9 Å². The van der Waals surface area contributed by atoms with Crippen LogP contribution >= 0.6 is 23.4 Å². The summed E-state index contributed by atoms with van der Waals surface area (Å²) in [4.78, 5) is 189. The Morgan fingerprint density at radius 1 is 0.798 bits per heavy atom. The minimum Gasteiger partial charge on any atom is -0.508 e. The molecule has 1 unspecified atom stereocenters. The molecule has 0 radical (unpaired) electrons. The number of phenolic OH excluding ortho intramolecular Hbond substituents is 1. The minimum absolute atomic E-state index is 0.00538. The number of imide groups is 1. The number of halogens is 1. The average Bonchev–Trinajstić information content (AvgIpc) is 1.56. The molecule has 4 aliphatic rings. The molecule has 12 atom stereocenters. The Hall–Kier alpha value is -10.0. The van der Waals surface area contributed by atoms with E-state index in [1.807, 2.05) is 6.92 Å². The van der Waals surface area contributed by atoms with Gasteiger partial charge in [-0.1, -0.05) is 54.5 Å². The number of ether oxygens (including phenoxy) is 6. The third-order valence-corrected chi connectivity index (χ3v) is 20.6. The lowest BCUT2D eigenvalue weighted by Crippen LogP contribution is -2.67. The van der Waals surface area contributed by atoms with Crippen molar-refractivity contribution < 1.29 is 106 Å². The van der Waals surface area contributed by atoms with Crippen LogP contribution in [0.2, 0.25) is 5.02 Å². The van der Waals surface area contributed by atoms with E-state index in [1.165, 1.54) is 64.4 Å². The third-order valence-electron chi connectivity index (χ3n) is 19.2. The van der Waals surface area contributed by atoms with Gasteiger partial charge < -0.3 is 97.1 Å². The summed E-state index contributed by atoms with van der Waals surface area (Å²) < 4.78 is 34.9. The Labute approximate surface area is 640 Å². The van der Waals surface area contributed by atoms with Crippen molar-refractivity contribution in [3.05, 3.63) is 88.5 Å². The summed E-state index contributed by atoms with van der Waals surface area (Å²) in [7, 11) is 6.78. The fourth-order valence-corrected chi connectivity index (χ4v) is 13.7. The van der Waals surface area contributed by atoms with Gasteiger partial charge in [0.1, 0.15) is 76.7 Å². The Morgan fingerprint density at radius 3 is 1.99 bits per heavy atom. The summed E-state index contributed by atoms with van der Waals surface area (Å²) in [6.45, 7) is 7.52. The first-order valence-corrected chi connectivity index (χ1v) is 36.9. The van der Waals surface area contributed by atoms with Gasteiger partial charge in [0.15, 0.2) is 5.72 Å². The molecule has 0 saturated carbocycles. The lowest BCUT2D eigenvalue weighted by molar-refractivity contribution is -0.174. The second kappa shape index (κ2) is 40.4. The van der Waals surface area contributed by atoms with Crippen LogP contribution in [0.15, 0.2) is 72.4 Å². The number of thioether (sulfide) groups is 1. The molecular weight excluding hydrogens is 1470 g/mol. The highest BCUT2D eigenvalue weighted by Crippen LogP contribution is 2.52. The van der Waals surface area contributed by atoms with E-state index in [9.17, 15) is 77.3 Å². The number of nitrogens with zero attached hydrogens (tertiary/aromatic N) is 3. The van der Waals surface area contributed by atoms with Crippen molar-refractivity contribution in [1.82, 2.24) is 52.3 Å².